The first-order chi connectivity index (χ1) is 9.97. The van der Waals surface area contributed by atoms with Gasteiger partial charge in [0, 0.05) is 19.6 Å². The molecule has 0 aromatic heterocycles. The molecule has 1 saturated heterocycles. The summed E-state index contributed by atoms with van der Waals surface area (Å²) in [7, 11) is 0. The molecule has 2 rings (SSSR count). The quantitative estimate of drug-likeness (QED) is 0.890. The van der Waals surface area contributed by atoms with Crippen LogP contribution in [0, 0.1) is 18.8 Å². The molecular weight excluding hydrogens is 268 g/mol. The highest BCUT2D eigenvalue weighted by atomic mass is 16.4. The number of benzene rings is 1. The fraction of sp³-hybridized carbons (Fsp3) is 0.500. The Bertz CT molecular complexity index is 530. The van der Waals surface area contributed by atoms with Crippen LogP contribution in [0.1, 0.15) is 18.1 Å². The van der Waals surface area contributed by atoms with E-state index in [2.05, 4.69) is 11.4 Å². The average molecular weight is 290 g/mol. The lowest BCUT2D eigenvalue weighted by Crippen LogP contribution is -2.39. The molecule has 114 valence electrons. The number of carboxylic acid groups (broad SMARTS) is 1. The van der Waals surface area contributed by atoms with Crippen LogP contribution in [0.15, 0.2) is 24.3 Å². The van der Waals surface area contributed by atoms with Crippen molar-refractivity contribution in [2.75, 3.05) is 19.6 Å². The molecule has 0 unspecified atom stereocenters. The number of amides is 2. The highest BCUT2D eigenvalue weighted by Crippen LogP contribution is 2.22. The zero-order valence-corrected chi connectivity index (χ0v) is 12.5. The maximum atomic E-state index is 12.0. The molecule has 0 aliphatic carbocycles. The lowest BCUT2D eigenvalue weighted by Gasteiger charge is -2.16. The SMILES string of the molecule is Cc1cccc(CCNC(=O)N2C[C@@H](C)[C@H](C(=O)O)C2)c1. The number of urea groups is 1. The fourth-order valence-electron chi connectivity index (χ4n) is 2.75. The summed E-state index contributed by atoms with van der Waals surface area (Å²) >= 11 is 0. The van der Waals surface area contributed by atoms with E-state index in [1.54, 1.807) is 4.90 Å². The summed E-state index contributed by atoms with van der Waals surface area (Å²) in [6.07, 6.45) is 0.777. The molecular formula is C16H22N2O3. The van der Waals surface area contributed by atoms with Crippen molar-refractivity contribution in [1.82, 2.24) is 10.2 Å². The van der Waals surface area contributed by atoms with Gasteiger partial charge in [-0.1, -0.05) is 36.8 Å². The monoisotopic (exact) mass is 290 g/mol. The summed E-state index contributed by atoms with van der Waals surface area (Å²) in [6.45, 7) is 5.28. The number of nitrogens with one attached hydrogen (secondary N) is 1. The minimum atomic E-state index is -0.822. The molecule has 0 bridgehead atoms. The highest BCUT2D eigenvalue weighted by molar-refractivity contribution is 5.77. The molecule has 1 aromatic rings. The lowest BCUT2D eigenvalue weighted by molar-refractivity contribution is -0.142. The summed E-state index contributed by atoms with van der Waals surface area (Å²) in [5.41, 5.74) is 2.39. The molecule has 1 aliphatic heterocycles. The van der Waals surface area contributed by atoms with Crippen LogP contribution in [-0.4, -0.2) is 41.6 Å². The van der Waals surface area contributed by atoms with Crippen molar-refractivity contribution in [3.05, 3.63) is 35.4 Å². The smallest absolute Gasteiger partial charge is 0.317 e. The Hall–Kier alpha value is -2.04. The summed E-state index contributed by atoms with van der Waals surface area (Å²) < 4.78 is 0. The van der Waals surface area contributed by atoms with Crippen LogP contribution < -0.4 is 5.32 Å². The molecule has 2 amide bonds. The maximum Gasteiger partial charge on any atom is 0.317 e. The Morgan fingerprint density at radius 1 is 1.38 bits per heavy atom. The first-order valence-corrected chi connectivity index (χ1v) is 7.28. The Balaban J connectivity index is 1.79. The van der Waals surface area contributed by atoms with Gasteiger partial charge in [0.25, 0.3) is 0 Å². The number of aryl methyl sites for hydroxylation is 1. The standard InChI is InChI=1S/C16H22N2O3/c1-11-4-3-5-13(8-11)6-7-17-16(21)18-9-12(2)14(10-18)15(19)20/h3-5,8,12,14H,6-7,9-10H2,1-2H3,(H,17,21)(H,19,20)/t12-,14-/m1/s1. The zero-order chi connectivity index (χ0) is 15.4. The second-order valence-electron chi connectivity index (χ2n) is 5.80. The second-order valence-corrected chi connectivity index (χ2v) is 5.80. The molecule has 1 aromatic carbocycles. The van der Waals surface area contributed by atoms with Gasteiger partial charge in [-0.15, -0.1) is 0 Å². The number of hydrogen-bond donors (Lipinski definition) is 2. The topological polar surface area (TPSA) is 69.6 Å². The molecule has 5 nitrogen and oxygen atoms in total. The predicted molar refractivity (Wildman–Crippen MR) is 80.1 cm³/mol. The average Bonchev–Trinajstić information content (AvgIpc) is 2.81. The summed E-state index contributed by atoms with van der Waals surface area (Å²) in [5, 5.41) is 11.9. The van der Waals surface area contributed by atoms with Gasteiger partial charge in [0.1, 0.15) is 0 Å². The van der Waals surface area contributed by atoms with Crippen LogP contribution in [0.25, 0.3) is 0 Å². The molecule has 1 fully saturated rings. The summed E-state index contributed by atoms with van der Waals surface area (Å²) in [5.74, 6) is -1.27. The number of carboxylic acids is 1. The van der Waals surface area contributed by atoms with Gasteiger partial charge < -0.3 is 15.3 Å². The Morgan fingerprint density at radius 2 is 2.14 bits per heavy atom. The van der Waals surface area contributed by atoms with E-state index in [1.807, 2.05) is 32.0 Å². The first-order valence-electron chi connectivity index (χ1n) is 7.28. The van der Waals surface area contributed by atoms with E-state index >= 15 is 0 Å². The van der Waals surface area contributed by atoms with Gasteiger partial charge in [-0.25, -0.2) is 4.79 Å². The Morgan fingerprint density at radius 3 is 2.76 bits per heavy atom. The third kappa shape index (κ3) is 3.97. The van der Waals surface area contributed by atoms with Crippen LogP contribution in [-0.2, 0) is 11.2 Å². The Kier molecular flexibility index (Phi) is 4.83. The van der Waals surface area contributed by atoms with Crippen molar-refractivity contribution in [3.8, 4) is 0 Å². The molecule has 2 N–H and O–H groups in total. The molecule has 5 heteroatoms. The maximum absolute atomic E-state index is 12.0. The van der Waals surface area contributed by atoms with Crippen LogP contribution in [0.4, 0.5) is 4.79 Å². The van der Waals surface area contributed by atoms with E-state index in [-0.39, 0.29) is 11.9 Å². The molecule has 1 aliphatic rings. The van der Waals surface area contributed by atoms with Gasteiger partial charge in [0.15, 0.2) is 0 Å². The van der Waals surface area contributed by atoms with Gasteiger partial charge in [-0.3, -0.25) is 4.79 Å². The van der Waals surface area contributed by atoms with Crippen molar-refractivity contribution in [3.63, 3.8) is 0 Å². The number of nitrogens with zero attached hydrogens (tertiary/aromatic N) is 1. The van der Waals surface area contributed by atoms with Crippen LogP contribution in [0.2, 0.25) is 0 Å². The van der Waals surface area contributed by atoms with Gasteiger partial charge in [-0.2, -0.15) is 0 Å². The van der Waals surface area contributed by atoms with Gasteiger partial charge in [0.2, 0.25) is 0 Å². The number of hydrogen-bond acceptors (Lipinski definition) is 2. The van der Waals surface area contributed by atoms with Crippen LogP contribution in [0.5, 0.6) is 0 Å². The molecule has 21 heavy (non-hydrogen) atoms. The van der Waals surface area contributed by atoms with Gasteiger partial charge >= 0.3 is 12.0 Å². The fourth-order valence-corrected chi connectivity index (χ4v) is 2.75. The normalized spacial score (nSPS) is 21.3. The molecule has 1 heterocycles. The van der Waals surface area contributed by atoms with Crippen molar-refractivity contribution >= 4 is 12.0 Å². The van der Waals surface area contributed by atoms with Crippen LogP contribution >= 0.6 is 0 Å². The molecule has 0 saturated carbocycles. The second kappa shape index (κ2) is 6.61. The minimum absolute atomic E-state index is 0.00465. The van der Waals surface area contributed by atoms with Crippen LogP contribution in [0.3, 0.4) is 0 Å². The van der Waals surface area contributed by atoms with E-state index in [0.29, 0.717) is 19.6 Å². The van der Waals surface area contributed by atoms with Gasteiger partial charge in [-0.05, 0) is 24.8 Å². The number of carbonyl (C=O) groups is 2. The first kappa shape index (κ1) is 15.4. The summed E-state index contributed by atoms with van der Waals surface area (Å²) in [6, 6.07) is 8.02. The highest BCUT2D eigenvalue weighted by Gasteiger charge is 2.36. The largest absolute Gasteiger partial charge is 0.481 e. The minimum Gasteiger partial charge on any atom is -0.481 e. The predicted octanol–water partition coefficient (Wildman–Crippen LogP) is 1.90. The molecule has 0 radical (unpaired) electrons. The van der Waals surface area contributed by atoms with Crippen molar-refractivity contribution in [1.29, 1.82) is 0 Å². The molecule has 0 spiro atoms. The van der Waals surface area contributed by atoms with E-state index in [1.165, 1.54) is 11.1 Å². The van der Waals surface area contributed by atoms with E-state index in [0.717, 1.165) is 6.42 Å². The third-order valence-electron chi connectivity index (χ3n) is 3.99. The number of carbonyl (C=O) groups excluding carboxylic acids is 1. The van der Waals surface area contributed by atoms with E-state index in [9.17, 15) is 9.59 Å². The number of rotatable bonds is 4. The van der Waals surface area contributed by atoms with Gasteiger partial charge in [0.05, 0.1) is 5.92 Å². The third-order valence-corrected chi connectivity index (χ3v) is 3.99. The Labute approximate surface area is 125 Å². The lowest BCUT2D eigenvalue weighted by atomic mass is 9.99. The van der Waals surface area contributed by atoms with E-state index in [4.69, 9.17) is 5.11 Å². The zero-order valence-electron chi connectivity index (χ0n) is 12.5. The van der Waals surface area contributed by atoms with Crippen molar-refractivity contribution < 1.29 is 14.7 Å². The molecule has 2 atom stereocenters. The number of aliphatic carboxylic acids is 1. The van der Waals surface area contributed by atoms with Crippen molar-refractivity contribution in [2.24, 2.45) is 11.8 Å². The number of likely N-dealkylation sites (tertiary alicyclic amines) is 1. The van der Waals surface area contributed by atoms with E-state index < -0.39 is 11.9 Å². The van der Waals surface area contributed by atoms with Crippen molar-refractivity contribution in [2.45, 2.75) is 20.3 Å². The summed E-state index contributed by atoms with van der Waals surface area (Å²) in [4.78, 5) is 24.7.